The van der Waals surface area contributed by atoms with E-state index in [1.165, 1.54) is 0 Å². The van der Waals surface area contributed by atoms with Crippen LogP contribution in [0.25, 0.3) is 0 Å². The predicted octanol–water partition coefficient (Wildman–Crippen LogP) is 1.18. The molecule has 1 heterocycles. The second-order valence-corrected chi connectivity index (χ2v) is 2.53. The lowest BCUT2D eigenvalue weighted by Gasteiger charge is -2.04. The summed E-state index contributed by atoms with van der Waals surface area (Å²) in [5.41, 5.74) is 6.61. The van der Waals surface area contributed by atoms with Gasteiger partial charge in [0.2, 0.25) is 0 Å². The number of aromatic nitrogens is 2. The SMILES string of the molecule is CC(C)c1ccnnc1N. The van der Waals surface area contributed by atoms with E-state index >= 15 is 0 Å². The molecule has 1 aromatic rings. The van der Waals surface area contributed by atoms with Crippen LogP contribution in [-0.4, -0.2) is 10.2 Å². The van der Waals surface area contributed by atoms with Gasteiger partial charge in [-0.25, -0.2) is 0 Å². The van der Waals surface area contributed by atoms with Crippen LogP contribution in [0, 0.1) is 0 Å². The molecule has 10 heavy (non-hydrogen) atoms. The number of rotatable bonds is 1. The summed E-state index contributed by atoms with van der Waals surface area (Å²) in [5, 5.41) is 7.38. The van der Waals surface area contributed by atoms with E-state index in [0.29, 0.717) is 11.7 Å². The van der Waals surface area contributed by atoms with Crippen LogP contribution in [0.3, 0.4) is 0 Å². The molecule has 54 valence electrons. The van der Waals surface area contributed by atoms with Crippen LogP contribution in [0.1, 0.15) is 25.3 Å². The third kappa shape index (κ3) is 1.23. The maximum absolute atomic E-state index is 5.55. The molecule has 3 heteroatoms. The van der Waals surface area contributed by atoms with Crippen molar-refractivity contribution >= 4 is 5.82 Å². The van der Waals surface area contributed by atoms with Gasteiger partial charge in [-0.15, -0.1) is 5.10 Å². The summed E-state index contributed by atoms with van der Waals surface area (Å²) >= 11 is 0. The number of nitrogens with two attached hydrogens (primary N) is 1. The van der Waals surface area contributed by atoms with Gasteiger partial charge < -0.3 is 5.73 Å². The molecule has 0 aliphatic heterocycles. The van der Waals surface area contributed by atoms with Gasteiger partial charge in [0, 0.05) is 5.56 Å². The third-order valence-corrected chi connectivity index (χ3v) is 1.40. The smallest absolute Gasteiger partial charge is 0.149 e. The van der Waals surface area contributed by atoms with Crippen LogP contribution in [0.4, 0.5) is 5.82 Å². The average Bonchev–Trinajstić information content (AvgIpc) is 1.88. The second kappa shape index (κ2) is 2.64. The molecule has 0 aliphatic carbocycles. The summed E-state index contributed by atoms with van der Waals surface area (Å²) in [6.45, 7) is 4.15. The molecule has 0 aliphatic rings. The van der Waals surface area contributed by atoms with Crippen LogP contribution in [0.2, 0.25) is 0 Å². The van der Waals surface area contributed by atoms with Crippen molar-refractivity contribution in [3.63, 3.8) is 0 Å². The Morgan fingerprint density at radius 3 is 2.60 bits per heavy atom. The number of hydrogen-bond acceptors (Lipinski definition) is 3. The molecule has 0 saturated carbocycles. The first-order valence-electron chi connectivity index (χ1n) is 3.29. The molecule has 2 N–H and O–H groups in total. The van der Waals surface area contributed by atoms with Gasteiger partial charge in [-0.2, -0.15) is 5.10 Å². The first-order chi connectivity index (χ1) is 4.72. The van der Waals surface area contributed by atoms with Crippen molar-refractivity contribution in [2.45, 2.75) is 19.8 Å². The Morgan fingerprint density at radius 1 is 1.50 bits per heavy atom. The van der Waals surface area contributed by atoms with E-state index in [-0.39, 0.29) is 0 Å². The normalized spacial score (nSPS) is 10.3. The molecule has 3 nitrogen and oxygen atoms in total. The van der Waals surface area contributed by atoms with Gasteiger partial charge in [-0.05, 0) is 12.0 Å². The zero-order valence-electron chi connectivity index (χ0n) is 6.20. The van der Waals surface area contributed by atoms with E-state index in [9.17, 15) is 0 Å². The van der Waals surface area contributed by atoms with Gasteiger partial charge >= 0.3 is 0 Å². The van der Waals surface area contributed by atoms with Crippen LogP contribution in [0.5, 0.6) is 0 Å². The largest absolute Gasteiger partial charge is 0.382 e. The predicted molar refractivity (Wildman–Crippen MR) is 40.5 cm³/mol. The minimum absolute atomic E-state index is 0.426. The monoisotopic (exact) mass is 137 g/mol. The summed E-state index contributed by atoms with van der Waals surface area (Å²) in [7, 11) is 0. The fourth-order valence-electron chi connectivity index (χ4n) is 0.841. The highest BCUT2D eigenvalue weighted by atomic mass is 15.1. The van der Waals surface area contributed by atoms with Crippen molar-refractivity contribution in [3.8, 4) is 0 Å². The van der Waals surface area contributed by atoms with E-state index in [1.54, 1.807) is 6.20 Å². The average molecular weight is 137 g/mol. The van der Waals surface area contributed by atoms with Crippen LogP contribution in [-0.2, 0) is 0 Å². The highest BCUT2D eigenvalue weighted by Gasteiger charge is 2.02. The topological polar surface area (TPSA) is 51.8 Å². The van der Waals surface area contributed by atoms with Gasteiger partial charge in [0.1, 0.15) is 5.82 Å². The second-order valence-electron chi connectivity index (χ2n) is 2.53. The zero-order valence-corrected chi connectivity index (χ0v) is 6.20. The van der Waals surface area contributed by atoms with Gasteiger partial charge in [0.15, 0.2) is 0 Å². The molecule has 0 saturated heterocycles. The molecule has 0 radical (unpaired) electrons. The lowest BCUT2D eigenvalue weighted by atomic mass is 10.1. The lowest BCUT2D eigenvalue weighted by molar-refractivity contribution is 0.848. The molecule has 0 unspecified atom stereocenters. The highest BCUT2D eigenvalue weighted by molar-refractivity contribution is 5.38. The molecule has 0 fully saturated rings. The van der Waals surface area contributed by atoms with E-state index in [0.717, 1.165) is 5.56 Å². The number of nitrogen functional groups attached to an aromatic ring is 1. The van der Waals surface area contributed by atoms with E-state index < -0.39 is 0 Å². The Balaban J connectivity index is 3.03. The number of hydrogen-bond donors (Lipinski definition) is 1. The Morgan fingerprint density at radius 2 is 2.20 bits per heavy atom. The molecule has 0 amide bonds. The van der Waals surface area contributed by atoms with E-state index in [2.05, 4.69) is 24.0 Å². The molecule has 0 spiro atoms. The Kier molecular flexibility index (Phi) is 1.85. The Hall–Kier alpha value is -1.12. The third-order valence-electron chi connectivity index (χ3n) is 1.40. The minimum atomic E-state index is 0.426. The number of anilines is 1. The summed E-state index contributed by atoms with van der Waals surface area (Å²) in [4.78, 5) is 0. The minimum Gasteiger partial charge on any atom is -0.382 e. The zero-order chi connectivity index (χ0) is 7.56. The van der Waals surface area contributed by atoms with Crippen molar-refractivity contribution in [1.29, 1.82) is 0 Å². The van der Waals surface area contributed by atoms with Crippen molar-refractivity contribution in [2.75, 3.05) is 5.73 Å². The highest BCUT2D eigenvalue weighted by Crippen LogP contribution is 2.16. The van der Waals surface area contributed by atoms with Crippen molar-refractivity contribution in [3.05, 3.63) is 17.8 Å². The molecule has 0 aromatic carbocycles. The van der Waals surface area contributed by atoms with Crippen molar-refractivity contribution in [2.24, 2.45) is 0 Å². The molecule has 1 aromatic heterocycles. The first kappa shape index (κ1) is 6.99. The first-order valence-corrected chi connectivity index (χ1v) is 3.29. The van der Waals surface area contributed by atoms with Crippen LogP contribution in [0.15, 0.2) is 12.3 Å². The van der Waals surface area contributed by atoms with Crippen molar-refractivity contribution < 1.29 is 0 Å². The quantitative estimate of drug-likeness (QED) is 0.632. The lowest BCUT2D eigenvalue weighted by Crippen LogP contribution is -1.99. The Labute approximate surface area is 60.3 Å². The van der Waals surface area contributed by atoms with E-state index in [4.69, 9.17) is 5.73 Å². The maximum atomic E-state index is 5.55. The molecule has 0 bridgehead atoms. The Bertz CT molecular complexity index is 220. The van der Waals surface area contributed by atoms with Crippen LogP contribution < -0.4 is 5.73 Å². The van der Waals surface area contributed by atoms with Gasteiger partial charge in [0.25, 0.3) is 0 Å². The van der Waals surface area contributed by atoms with Gasteiger partial charge in [0.05, 0.1) is 6.20 Å². The van der Waals surface area contributed by atoms with Gasteiger partial charge in [-0.1, -0.05) is 13.8 Å². The fraction of sp³-hybridized carbons (Fsp3) is 0.429. The van der Waals surface area contributed by atoms with E-state index in [1.807, 2.05) is 6.07 Å². The summed E-state index contributed by atoms with van der Waals surface area (Å²) in [6, 6.07) is 1.90. The van der Waals surface area contributed by atoms with Gasteiger partial charge in [-0.3, -0.25) is 0 Å². The molecular formula is C7H11N3. The standard InChI is InChI=1S/C7H11N3/c1-5(2)6-3-4-9-10-7(6)8/h3-5H,1-2H3,(H2,8,10). The van der Waals surface area contributed by atoms with Crippen molar-refractivity contribution in [1.82, 2.24) is 10.2 Å². The molecule has 1 rings (SSSR count). The maximum Gasteiger partial charge on any atom is 0.149 e. The summed E-state index contributed by atoms with van der Waals surface area (Å²) in [5.74, 6) is 0.966. The summed E-state index contributed by atoms with van der Waals surface area (Å²) < 4.78 is 0. The number of nitrogens with zero attached hydrogens (tertiary/aromatic N) is 2. The molecule has 0 atom stereocenters. The molecular weight excluding hydrogens is 126 g/mol. The summed E-state index contributed by atoms with van der Waals surface area (Å²) in [6.07, 6.45) is 1.66. The van der Waals surface area contributed by atoms with Crippen LogP contribution >= 0.6 is 0 Å². The fourth-order valence-corrected chi connectivity index (χ4v) is 0.841.